The van der Waals surface area contributed by atoms with E-state index in [4.69, 9.17) is 14.2 Å². The normalized spacial score (nSPS) is 14.9. The minimum Gasteiger partial charge on any atom is -0.464 e. The van der Waals surface area contributed by atoms with Crippen LogP contribution in [0, 0.1) is 0 Å². The molecule has 0 N–H and O–H groups in total. The zero-order valence-corrected chi connectivity index (χ0v) is 18.9. The Kier molecular flexibility index (Phi) is 7.27. The molecule has 0 bridgehead atoms. The summed E-state index contributed by atoms with van der Waals surface area (Å²) in [7, 11) is 0. The zero-order chi connectivity index (χ0) is 22.4. The van der Waals surface area contributed by atoms with Gasteiger partial charge in [0, 0.05) is 24.2 Å². The van der Waals surface area contributed by atoms with E-state index in [-0.39, 0.29) is 37.6 Å². The molecule has 1 aromatic heterocycles. The number of ether oxygens (including phenoxy) is 3. The van der Waals surface area contributed by atoms with Gasteiger partial charge in [0.25, 0.3) is 0 Å². The smallest absolute Gasteiger partial charge is 0.344 e. The third-order valence-electron chi connectivity index (χ3n) is 4.84. The number of halogens is 1. The highest BCUT2D eigenvalue weighted by Crippen LogP contribution is 2.38. The Morgan fingerprint density at radius 3 is 2.23 bits per heavy atom. The van der Waals surface area contributed by atoms with Crippen LogP contribution in [-0.4, -0.2) is 41.6 Å². The van der Waals surface area contributed by atoms with Crippen LogP contribution in [0.5, 0.6) is 11.6 Å². The zero-order valence-electron chi connectivity index (χ0n) is 17.3. The third kappa shape index (κ3) is 4.56. The number of rotatable bonds is 8. The summed E-state index contributed by atoms with van der Waals surface area (Å²) in [4.78, 5) is 43.7. The molecule has 0 saturated carbocycles. The molecule has 9 heteroatoms. The quantitative estimate of drug-likeness (QED) is 0.315. The van der Waals surface area contributed by atoms with Gasteiger partial charge in [-0.25, -0.2) is 14.6 Å². The SMILES string of the molecule is CCOC(=O)C1(C(=O)OCC)CCC(=O)N1c1ccc(Oc2ccc(CBr)cc2)nc1. The molecule has 2 heterocycles. The molecule has 0 spiro atoms. The maximum Gasteiger partial charge on any atom is 0.344 e. The van der Waals surface area contributed by atoms with Gasteiger partial charge in [-0.05, 0) is 37.6 Å². The van der Waals surface area contributed by atoms with Crippen molar-refractivity contribution < 1.29 is 28.6 Å². The van der Waals surface area contributed by atoms with Crippen molar-refractivity contribution >= 4 is 39.5 Å². The largest absolute Gasteiger partial charge is 0.464 e. The number of carbonyl (C=O) groups excluding carboxylic acids is 3. The molecule has 8 nitrogen and oxygen atoms in total. The Labute approximate surface area is 188 Å². The van der Waals surface area contributed by atoms with Crippen LogP contribution in [0.4, 0.5) is 5.69 Å². The summed E-state index contributed by atoms with van der Waals surface area (Å²) in [5.41, 5.74) is -0.471. The van der Waals surface area contributed by atoms with E-state index in [1.54, 1.807) is 26.0 Å². The topological polar surface area (TPSA) is 95.0 Å². The van der Waals surface area contributed by atoms with E-state index in [0.717, 1.165) is 15.8 Å². The maximum atomic E-state index is 12.8. The first-order chi connectivity index (χ1) is 15.0. The molecule has 1 aliphatic heterocycles. The average molecular weight is 491 g/mol. The van der Waals surface area contributed by atoms with Crippen molar-refractivity contribution in [2.24, 2.45) is 0 Å². The van der Waals surface area contributed by atoms with Crippen LogP contribution in [0.15, 0.2) is 42.6 Å². The lowest BCUT2D eigenvalue weighted by molar-refractivity contribution is -0.164. The minimum absolute atomic E-state index is 0.00972. The van der Waals surface area contributed by atoms with Gasteiger partial charge in [0.15, 0.2) is 0 Å². The number of amides is 1. The summed E-state index contributed by atoms with van der Waals surface area (Å²) in [5, 5.41) is 0.743. The highest BCUT2D eigenvalue weighted by molar-refractivity contribution is 9.08. The summed E-state index contributed by atoms with van der Waals surface area (Å²) in [6.07, 6.45) is 1.37. The van der Waals surface area contributed by atoms with E-state index in [2.05, 4.69) is 20.9 Å². The van der Waals surface area contributed by atoms with Crippen LogP contribution in [0.2, 0.25) is 0 Å². The van der Waals surface area contributed by atoms with Gasteiger partial charge in [0.1, 0.15) is 5.75 Å². The van der Waals surface area contributed by atoms with Gasteiger partial charge in [0.05, 0.1) is 25.1 Å². The van der Waals surface area contributed by atoms with Crippen molar-refractivity contribution in [3.05, 3.63) is 48.2 Å². The summed E-state index contributed by atoms with van der Waals surface area (Å²) in [5.74, 6) is -1.10. The van der Waals surface area contributed by atoms with Gasteiger partial charge in [-0.15, -0.1) is 0 Å². The molecule has 164 valence electrons. The van der Waals surface area contributed by atoms with Gasteiger partial charge in [-0.3, -0.25) is 9.69 Å². The van der Waals surface area contributed by atoms with Gasteiger partial charge in [-0.2, -0.15) is 0 Å². The van der Waals surface area contributed by atoms with Crippen molar-refractivity contribution in [2.45, 2.75) is 37.6 Å². The number of carbonyl (C=O) groups is 3. The van der Waals surface area contributed by atoms with E-state index in [9.17, 15) is 14.4 Å². The Bertz CT molecular complexity index is 927. The van der Waals surface area contributed by atoms with E-state index >= 15 is 0 Å². The lowest BCUT2D eigenvalue weighted by atomic mass is 9.95. The Hall–Kier alpha value is -2.94. The number of hydrogen-bond acceptors (Lipinski definition) is 7. The van der Waals surface area contributed by atoms with Crippen molar-refractivity contribution in [1.29, 1.82) is 0 Å². The lowest BCUT2D eigenvalue weighted by Crippen LogP contribution is -2.59. The molecule has 1 amide bonds. The summed E-state index contributed by atoms with van der Waals surface area (Å²) in [6, 6.07) is 10.6. The van der Waals surface area contributed by atoms with Gasteiger partial charge < -0.3 is 14.2 Å². The molecule has 2 aromatic rings. The lowest BCUT2D eigenvalue weighted by Gasteiger charge is -2.33. The fourth-order valence-corrected chi connectivity index (χ4v) is 3.77. The molecule has 0 aliphatic carbocycles. The highest BCUT2D eigenvalue weighted by Gasteiger charge is 2.60. The summed E-state index contributed by atoms with van der Waals surface area (Å²) >= 11 is 3.39. The molecule has 1 saturated heterocycles. The van der Waals surface area contributed by atoms with Gasteiger partial charge in [0.2, 0.25) is 17.3 Å². The molecule has 3 rings (SSSR count). The number of pyridine rings is 1. The van der Waals surface area contributed by atoms with Crippen molar-refractivity contribution in [1.82, 2.24) is 4.98 Å². The van der Waals surface area contributed by atoms with Gasteiger partial charge in [-0.1, -0.05) is 28.1 Å². The van der Waals surface area contributed by atoms with E-state index in [0.29, 0.717) is 11.6 Å². The second-order valence-corrected chi connectivity index (χ2v) is 7.33. The van der Waals surface area contributed by atoms with Crippen molar-refractivity contribution in [3.63, 3.8) is 0 Å². The van der Waals surface area contributed by atoms with Crippen LogP contribution in [0.1, 0.15) is 32.3 Å². The van der Waals surface area contributed by atoms with E-state index in [1.807, 2.05) is 24.3 Å². The second-order valence-electron chi connectivity index (χ2n) is 6.76. The molecule has 1 aromatic carbocycles. The Morgan fingerprint density at radius 1 is 1.06 bits per heavy atom. The standard InChI is InChI=1S/C22H23BrN2O6/c1-3-29-20(27)22(21(28)30-4-2)12-11-19(26)25(22)16-7-10-18(24-14-16)31-17-8-5-15(13-23)6-9-17/h5-10,14H,3-4,11-13H2,1-2H3. The number of benzene rings is 1. The van der Waals surface area contributed by atoms with Crippen molar-refractivity contribution in [3.8, 4) is 11.6 Å². The fourth-order valence-electron chi connectivity index (χ4n) is 3.39. The number of nitrogens with zero attached hydrogens (tertiary/aromatic N) is 2. The predicted molar refractivity (Wildman–Crippen MR) is 116 cm³/mol. The van der Waals surface area contributed by atoms with E-state index in [1.165, 1.54) is 6.20 Å². The molecule has 31 heavy (non-hydrogen) atoms. The molecule has 1 aliphatic rings. The first kappa shape index (κ1) is 22.7. The summed E-state index contributed by atoms with van der Waals surface area (Å²) in [6.45, 7) is 3.41. The fraction of sp³-hybridized carbons (Fsp3) is 0.364. The maximum absolute atomic E-state index is 12.8. The van der Waals surface area contributed by atoms with Crippen LogP contribution >= 0.6 is 15.9 Å². The molecular weight excluding hydrogens is 468 g/mol. The molecule has 0 unspecified atom stereocenters. The Balaban J connectivity index is 1.89. The molecular formula is C22H23BrN2O6. The number of alkyl halides is 1. The second kappa shape index (κ2) is 9.91. The molecule has 1 fully saturated rings. The number of aromatic nitrogens is 1. The first-order valence-electron chi connectivity index (χ1n) is 9.92. The number of hydrogen-bond donors (Lipinski definition) is 0. The highest BCUT2D eigenvalue weighted by atomic mass is 79.9. The van der Waals surface area contributed by atoms with Crippen LogP contribution in [0.25, 0.3) is 0 Å². The predicted octanol–water partition coefficient (Wildman–Crippen LogP) is 3.76. The third-order valence-corrected chi connectivity index (χ3v) is 5.48. The van der Waals surface area contributed by atoms with E-state index < -0.39 is 17.5 Å². The van der Waals surface area contributed by atoms with Crippen LogP contribution < -0.4 is 9.64 Å². The summed E-state index contributed by atoms with van der Waals surface area (Å²) < 4.78 is 16.0. The number of esters is 2. The van der Waals surface area contributed by atoms with Crippen LogP contribution in [0.3, 0.4) is 0 Å². The Morgan fingerprint density at radius 2 is 1.71 bits per heavy atom. The minimum atomic E-state index is -1.86. The first-order valence-corrected chi connectivity index (χ1v) is 11.0. The molecule has 0 atom stereocenters. The monoisotopic (exact) mass is 490 g/mol. The van der Waals surface area contributed by atoms with Crippen molar-refractivity contribution in [2.75, 3.05) is 18.1 Å². The number of anilines is 1. The van der Waals surface area contributed by atoms with Gasteiger partial charge >= 0.3 is 11.9 Å². The molecule has 0 radical (unpaired) electrons. The average Bonchev–Trinajstić information content (AvgIpc) is 3.13. The van der Waals surface area contributed by atoms with Crippen LogP contribution in [-0.2, 0) is 29.2 Å².